The number of rotatable bonds is 7. The normalized spacial score (nSPS) is 12.1. The molecule has 20 heavy (non-hydrogen) atoms. The molecule has 0 atom stereocenters. The monoisotopic (exact) mass is 306 g/mol. The van der Waals surface area contributed by atoms with Gasteiger partial charge in [-0.15, -0.1) is 0 Å². The predicted molar refractivity (Wildman–Crippen MR) is 74.5 cm³/mol. The lowest BCUT2D eigenvalue weighted by molar-refractivity contribution is 0.153. The molecule has 0 aliphatic carbocycles. The van der Waals surface area contributed by atoms with Gasteiger partial charge in [-0.1, -0.05) is 13.0 Å². The second kappa shape index (κ2) is 7.10. The van der Waals surface area contributed by atoms with Crippen LogP contribution in [-0.2, 0) is 16.6 Å². The third-order valence-corrected chi connectivity index (χ3v) is 4.53. The van der Waals surface area contributed by atoms with E-state index in [9.17, 15) is 17.2 Å². The van der Waals surface area contributed by atoms with Crippen molar-refractivity contribution < 1.29 is 17.2 Å². The molecule has 0 bridgehead atoms. The first kappa shape index (κ1) is 17.0. The molecule has 7 heteroatoms. The molecule has 0 amide bonds. The van der Waals surface area contributed by atoms with Gasteiger partial charge in [0.2, 0.25) is 10.0 Å². The van der Waals surface area contributed by atoms with Crippen LogP contribution in [0.5, 0.6) is 0 Å². The molecule has 0 saturated carbocycles. The molecule has 0 aliphatic rings. The Labute approximate surface area is 118 Å². The Balaban J connectivity index is 3.12. The van der Waals surface area contributed by atoms with Crippen molar-refractivity contribution in [2.24, 2.45) is 0 Å². The van der Waals surface area contributed by atoms with Crippen molar-refractivity contribution in [2.75, 3.05) is 13.1 Å². The Morgan fingerprint density at radius 2 is 1.90 bits per heavy atom. The highest BCUT2D eigenvalue weighted by atomic mass is 32.2. The molecular formula is C13H20F2N2O2S. The van der Waals surface area contributed by atoms with Gasteiger partial charge in [-0.2, -0.15) is 0 Å². The molecule has 114 valence electrons. The maximum atomic E-state index is 12.2. The number of nitrogens with one attached hydrogen (secondary N) is 2. The van der Waals surface area contributed by atoms with E-state index in [1.54, 1.807) is 13.8 Å². The fraction of sp³-hybridized carbons (Fsp3) is 0.538. The predicted octanol–water partition coefficient (Wildman–Crippen LogP) is 1.96. The van der Waals surface area contributed by atoms with Crippen LogP contribution in [0.2, 0.25) is 0 Å². The van der Waals surface area contributed by atoms with Crippen LogP contribution in [0, 0.1) is 13.8 Å². The van der Waals surface area contributed by atoms with E-state index < -0.39 is 23.0 Å². The van der Waals surface area contributed by atoms with Gasteiger partial charge in [-0.3, -0.25) is 0 Å². The fourth-order valence-electron chi connectivity index (χ4n) is 1.80. The van der Waals surface area contributed by atoms with Gasteiger partial charge in [0.1, 0.15) is 0 Å². The minimum absolute atomic E-state index is 0.0612. The van der Waals surface area contributed by atoms with Crippen molar-refractivity contribution in [3.63, 3.8) is 0 Å². The number of aryl methyl sites for hydroxylation is 1. The average molecular weight is 306 g/mol. The Bertz CT molecular complexity index is 560. The molecule has 1 rings (SSSR count). The minimum Gasteiger partial charge on any atom is -0.313 e. The van der Waals surface area contributed by atoms with Gasteiger partial charge < -0.3 is 5.32 Å². The summed E-state index contributed by atoms with van der Waals surface area (Å²) < 4.78 is 50.4. The second-order valence-electron chi connectivity index (χ2n) is 4.56. The topological polar surface area (TPSA) is 58.2 Å². The van der Waals surface area contributed by atoms with Gasteiger partial charge in [0, 0.05) is 6.54 Å². The lowest BCUT2D eigenvalue weighted by Crippen LogP contribution is -2.29. The summed E-state index contributed by atoms with van der Waals surface area (Å²) in [4.78, 5) is 0.0612. The standard InChI is InChI=1S/C13H20F2N2O2S/c1-4-16-7-11-5-9(2)10(3)12(6-11)20(18,19)17-8-13(14)15/h5-6,13,16-17H,4,7-8H2,1-3H3. The van der Waals surface area contributed by atoms with Crippen LogP contribution in [0.25, 0.3) is 0 Å². The van der Waals surface area contributed by atoms with E-state index in [2.05, 4.69) is 5.32 Å². The summed E-state index contributed by atoms with van der Waals surface area (Å²) in [5, 5.41) is 3.10. The summed E-state index contributed by atoms with van der Waals surface area (Å²) in [6.45, 7) is 5.84. The van der Waals surface area contributed by atoms with Crippen molar-refractivity contribution in [1.29, 1.82) is 0 Å². The molecule has 0 unspecified atom stereocenters. The van der Waals surface area contributed by atoms with Gasteiger partial charge >= 0.3 is 0 Å². The first-order valence-electron chi connectivity index (χ1n) is 6.36. The molecule has 0 aliphatic heterocycles. The average Bonchev–Trinajstić information content (AvgIpc) is 2.37. The Kier molecular flexibility index (Phi) is 6.04. The third kappa shape index (κ3) is 4.50. The van der Waals surface area contributed by atoms with Crippen LogP contribution >= 0.6 is 0 Å². The Morgan fingerprint density at radius 1 is 1.25 bits per heavy atom. The van der Waals surface area contributed by atoms with E-state index in [0.717, 1.165) is 17.7 Å². The van der Waals surface area contributed by atoms with E-state index >= 15 is 0 Å². The molecule has 0 aromatic heterocycles. The number of hydrogen-bond acceptors (Lipinski definition) is 3. The molecule has 0 radical (unpaired) electrons. The summed E-state index contributed by atoms with van der Waals surface area (Å²) >= 11 is 0. The van der Waals surface area contributed by atoms with Crippen LogP contribution < -0.4 is 10.0 Å². The van der Waals surface area contributed by atoms with Crippen molar-refractivity contribution in [2.45, 2.75) is 38.6 Å². The van der Waals surface area contributed by atoms with Gasteiger partial charge in [0.25, 0.3) is 6.43 Å². The number of benzene rings is 1. The second-order valence-corrected chi connectivity index (χ2v) is 6.29. The summed E-state index contributed by atoms with van der Waals surface area (Å²) in [6.07, 6.45) is -2.71. The third-order valence-electron chi connectivity index (χ3n) is 2.98. The molecule has 4 nitrogen and oxygen atoms in total. The summed E-state index contributed by atoms with van der Waals surface area (Å²) in [5.74, 6) is 0. The van der Waals surface area contributed by atoms with Crippen LogP contribution in [-0.4, -0.2) is 27.9 Å². The first-order valence-corrected chi connectivity index (χ1v) is 7.85. The van der Waals surface area contributed by atoms with Gasteiger partial charge in [0.05, 0.1) is 11.4 Å². The SMILES string of the molecule is CCNCc1cc(C)c(C)c(S(=O)(=O)NCC(F)F)c1. The van der Waals surface area contributed by atoms with Crippen LogP contribution in [0.1, 0.15) is 23.6 Å². The Morgan fingerprint density at radius 3 is 2.45 bits per heavy atom. The maximum absolute atomic E-state index is 12.2. The van der Waals surface area contributed by atoms with Crippen molar-refractivity contribution >= 4 is 10.0 Å². The number of halogens is 2. The van der Waals surface area contributed by atoms with Gasteiger partial charge in [-0.05, 0) is 43.1 Å². The van der Waals surface area contributed by atoms with E-state index in [-0.39, 0.29) is 4.90 Å². The van der Waals surface area contributed by atoms with E-state index in [0.29, 0.717) is 12.1 Å². The highest BCUT2D eigenvalue weighted by Crippen LogP contribution is 2.21. The smallest absolute Gasteiger partial charge is 0.251 e. The number of alkyl halides is 2. The fourth-order valence-corrected chi connectivity index (χ4v) is 3.17. The number of sulfonamides is 1. The number of hydrogen-bond donors (Lipinski definition) is 2. The lowest BCUT2D eigenvalue weighted by Gasteiger charge is -2.13. The summed E-state index contributed by atoms with van der Waals surface area (Å²) in [5.41, 5.74) is 2.21. The van der Waals surface area contributed by atoms with Crippen LogP contribution in [0.3, 0.4) is 0 Å². The van der Waals surface area contributed by atoms with Crippen LogP contribution in [0.4, 0.5) is 8.78 Å². The molecule has 1 aromatic rings. The molecule has 0 spiro atoms. The molecule has 0 heterocycles. The molecule has 1 aromatic carbocycles. The molecule has 0 fully saturated rings. The van der Waals surface area contributed by atoms with Gasteiger partial charge in [-0.25, -0.2) is 21.9 Å². The zero-order valence-electron chi connectivity index (χ0n) is 11.8. The van der Waals surface area contributed by atoms with E-state index in [1.807, 2.05) is 17.7 Å². The maximum Gasteiger partial charge on any atom is 0.251 e. The van der Waals surface area contributed by atoms with E-state index in [1.165, 1.54) is 6.07 Å². The van der Waals surface area contributed by atoms with Crippen LogP contribution in [0.15, 0.2) is 17.0 Å². The quantitative estimate of drug-likeness (QED) is 0.809. The molecular weight excluding hydrogens is 286 g/mol. The highest BCUT2D eigenvalue weighted by molar-refractivity contribution is 7.89. The zero-order valence-corrected chi connectivity index (χ0v) is 12.7. The van der Waals surface area contributed by atoms with Crippen molar-refractivity contribution in [1.82, 2.24) is 10.0 Å². The minimum atomic E-state index is -3.91. The van der Waals surface area contributed by atoms with Crippen molar-refractivity contribution in [3.05, 3.63) is 28.8 Å². The zero-order chi connectivity index (χ0) is 15.3. The van der Waals surface area contributed by atoms with E-state index in [4.69, 9.17) is 0 Å². The highest BCUT2D eigenvalue weighted by Gasteiger charge is 2.20. The van der Waals surface area contributed by atoms with Crippen molar-refractivity contribution in [3.8, 4) is 0 Å². The molecule has 2 N–H and O–H groups in total. The molecule has 0 saturated heterocycles. The largest absolute Gasteiger partial charge is 0.313 e. The first-order chi connectivity index (χ1) is 9.27. The Hall–Kier alpha value is -1.05. The summed E-state index contributed by atoms with van der Waals surface area (Å²) in [7, 11) is -3.91. The summed E-state index contributed by atoms with van der Waals surface area (Å²) in [6, 6.07) is 3.42. The van der Waals surface area contributed by atoms with Gasteiger partial charge in [0.15, 0.2) is 0 Å². The lowest BCUT2D eigenvalue weighted by atomic mass is 10.1.